The van der Waals surface area contributed by atoms with E-state index in [1.54, 1.807) is 0 Å². The van der Waals surface area contributed by atoms with Gasteiger partial charge in [-0.15, -0.1) is 12.4 Å². The minimum Gasteiger partial charge on any atom is -0.488 e. The van der Waals surface area contributed by atoms with Crippen molar-refractivity contribution in [1.82, 2.24) is 5.32 Å². The number of ether oxygens (including phenoxy) is 2. The second-order valence-corrected chi connectivity index (χ2v) is 6.84. The molecule has 0 radical (unpaired) electrons. The Hall–Kier alpha value is -1.07. The highest BCUT2D eigenvalue weighted by Gasteiger charge is 2.03. The molecular formula is C20H27BrClNO2. The maximum atomic E-state index is 5.87. The lowest BCUT2D eigenvalue weighted by Gasteiger charge is -2.11. The molecule has 0 aromatic heterocycles. The van der Waals surface area contributed by atoms with E-state index < -0.39 is 0 Å². The van der Waals surface area contributed by atoms with Gasteiger partial charge in [-0.1, -0.05) is 36.4 Å². The summed E-state index contributed by atoms with van der Waals surface area (Å²) in [6.45, 7) is 7.31. The molecule has 1 N–H and O–H groups in total. The Kier molecular flexibility index (Phi) is 10.8. The highest BCUT2D eigenvalue weighted by Crippen LogP contribution is 2.26. The number of hydrogen-bond acceptors (Lipinski definition) is 3. The normalized spacial score (nSPS) is 10.6. The Balaban J connectivity index is 0.00000312. The largest absolute Gasteiger partial charge is 0.488 e. The van der Waals surface area contributed by atoms with E-state index in [1.165, 1.54) is 11.1 Å². The van der Waals surface area contributed by atoms with E-state index >= 15 is 0 Å². The minimum atomic E-state index is 0. The molecule has 0 amide bonds. The van der Waals surface area contributed by atoms with Gasteiger partial charge in [-0.2, -0.15) is 0 Å². The maximum absolute atomic E-state index is 5.87. The van der Waals surface area contributed by atoms with Gasteiger partial charge in [0.05, 0.1) is 10.6 Å². The first kappa shape index (κ1) is 22.0. The first-order chi connectivity index (χ1) is 11.6. The van der Waals surface area contributed by atoms with Crippen LogP contribution in [0.5, 0.6) is 5.75 Å². The SMILES string of the molecule is CC(C)OCCCNCc1ccc(OCc2ccccc2)c(Br)c1.Cl. The lowest BCUT2D eigenvalue weighted by molar-refractivity contribution is 0.0770. The second-order valence-electron chi connectivity index (χ2n) is 5.99. The van der Waals surface area contributed by atoms with Gasteiger partial charge in [-0.05, 0) is 66.0 Å². The zero-order chi connectivity index (χ0) is 17.2. The van der Waals surface area contributed by atoms with E-state index in [-0.39, 0.29) is 12.4 Å². The predicted molar refractivity (Wildman–Crippen MR) is 110 cm³/mol. The molecule has 138 valence electrons. The lowest BCUT2D eigenvalue weighted by atomic mass is 10.2. The summed E-state index contributed by atoms with van der Waals surface area (Å²) in [6, 6.07) is 16.4. The molecule has 2 aromatic rings. The Morgan fingerprint density at radius 2 is 1.80 bits per heavy atom. The van der Waals surface area contributed by atoms with Crippen LogP contribution in [0.4, 0.5) is 0 Å². The van der Waals surface area contributed by atoms with Crippen LogP contribution in [-0.4, -0.2) is 19.3 Å². The Labute approximate surface area is 165 Å². The first-order valence-electron chi connectivity index (χ1n) is 8.42. The number of rotatable bonds is 10. The van der Waals surface area contributed by atoms with Gasteiger partial charge < -0.3 is 14.8 Å². The van der Waals surface area contributed by atoms with Crippen LogP contribution in [0.15, 0.2) is 53.0 Å². The third kappa shape index (κ3) is 8.73. The molecule has 0 bridgehead atoms. The average Bonchev–Trinajstić information content (AvgIpc) is 2.58. The van der Waals surface area contributed by atoms with Gasteiger partial charge in [0.25, 0.3) is 0 Å². The van der Waals surface area contributed by atoms with Crippen molar-refractivity contribution in [2.24, 2.45) is 0 Å². The fraction of sp³-hybridized carbons (Fsp3) is 0.400. The molecule has 0 fully saturated rings. The quantitative estimate of drug-likeness (QED) is 0.517. The number of benzene rings is 2. The van der Waals surface area contributed by atoms with Gasteiger partial charge in [0.1, 0.15) is 12.4 Å². The molecule has 0 atom stereocenters. The zero-order valence-electron chi connectivity index (χ0n) is 14.8. The fourth-order valence-corrected chi connectivity index (χ4v) is 2.80. The summed E-state index contributed by atoms with van der Waals surface area (Å²) >= 11 is 3.60. The molecule has 0 aliphatic carbocycles. The van der Waals surface area contributed by atoms with Crippen molar-refractivity contribution in [3.05, 3.63) is 64.1 Å². The van der Waals surface area contributed by atoms with Crippen LogP contribution in [-0.2, 0) is 17.9 Å². The molecule has 25 heavy (non-hydrogen) atoms. The molecule has 0 saturated carbocycles. The van der Waals surface area contributed by atoms with Crippen molar-refractivity contribution in [2.45, 2.75) is 39.5 Å². The fourth-order valence-electron chi connectivity index (χ4n) is 2.26. The smallest absolute Gasteiger partial charge is 0.134 e. The molecule has 2 aromatic carbocycles. The summed E-state index contributed by atoms with van der Waals surface area (Å²) in [5.41, 5.74) is 2.40. The average molecular weight is 429 g/mol. The van der Waals surface area contributed by atoms with Crippen LogP contribution in [0.1, 0.15) is 31.4 Å². The van der Waals surface area contributed by atoms with Gasteiger partial charge in [-0.3, -0.25) is 0 Å². The van der Waals surface area contributed by atoms with Crippen molar-refractivity contribution >= 4 is 28.3 Å². The van der Waals surface area contributed by atoms with Gasteiger partial charge in [-0.25, -0.2) is 0 Å². The highest BCUT2D eigenvalue weighted by molar-refractivity contribution is 9.10. The van der Waals surface area contributed by atoms with Gasteiger partial charge in [0.2, 0.25) is 0 Å². The highest BCUT2D eigenvalue weighted by atomic mass is 79.9. The summed E-state index contributed by atoms with van der Waals surface area (Å²) in [5, 5.41) is 3.44. The van der Waals surface area contributed by atoms with Crippen LogP contribution in [0.25, 0.3) is 0 Å². The monoisotopic (exact) mass is 427 g/mol. The summed E-state index contributed by atoms with van der Waals surface area (Å²) in [5.74, 6) is 0.868. The van der Waals surface area contributed by atoms with E-state index in [4.69, 9.17) is 9.47 Å². The van der Waals surface area contributed by atoms with Crippen LogP contribution < -0.4 is 10.1 Å². The van der Waals surface area contributed by atoms with Crippen LogP contribution in [0.2, 0.25) is 0 Å². The summed E-state index contributed by atoms with van der Waals surface area (Å²) < 4.78 is 12.4. The van der Waals surface area contributed by atoms with Crippen molar-refractivity contribution < 1.29 is 9.47 Å². The first-order valence-corrected chi connectivity index (χ1v) is 9.22. The van der Waals surface area contributed by atoms with E-state index in [9.17, 15) is 0 Å². The van der Waals surface area contributed by atoms with Gasteiger partial charge in [0.15, 0.2) is 0 Å². The number of halogens is 2. The molecule has 0 unspecified atom stereocenters. The topological polar surface area (TPSA) is 30.5 Å². The third-order valence-corrected chi connectivity index (χ3v) is 4.13. The molecular weight excluding hydrogens is 402 g/mol. The number of hydrogen-bond donors (Lipinski definition) is 1. The Bertz CT molecular complexity index is 608. The molecule has 0 aliphatic rings. The molecule has 0 heterocycles. The van der Waals surface area contributed by atoms with Crippen molar-refractivity contribution in [1.29, 1.82) is 0 Å². The summed E-state index contributed by atoms with van der Waals surface area (Å²) in [6.07, 6.45) is 1.34. The number of nitrogens with one attached hydrogen (secondary N) is 1. The van der Waals surface area contributed by atoms with Gasteiger partial charge in [0, 0.05) is 13.2 Å². The molecule has 2 rings (SSSR count). The van der Waals surface area contributed by atoms with E-state index in [0.29, 0.717) is 12.7 Å². The van der Waals surface area contributed by atoms with Crippen LogP contribution in [0, 0.1) is 0 Å². The van der Waals surface area contributed by atoms with Gasteiger partial charge >= 0.3 is 0 Å². The maximum Gasteiger partial charge on any atom is 0.134 e. The van der Waals surface area contributed by atoms with Crippen LogP contribution in [0.3, 0.4) is 0 Å². The standard InChI is InChI=1S/C20H26BrNO2.ClH/c1-16(2)23-12-6-11-22-14-18-9-10-20(19(21)13-18)24-15-17-7-4-3-5-8-17;/h3-5,7-10,13,16,22H,6,11-12,14-15H2,1-2H3;1H. The zero-order valence-corrected chi connectivity index (χ0v) is 17.2. The molecule has 3 nitrogen and oxygen atoms in total. The van der Waals surface area contributed by atoms with Crippen molar-refractivity contribution in [3.8, 4) is 5.75 Å². The Morgan fingerprint density at radius 3 is 2.48 bits per heavy atom. The molecule has 0 aliphatic heterocycles. The molecule has 0 saturated heterocycles. The molecule has 0 spiro atoms. The van der Waals surface area contributed by atoms with E-state index in [1.807, 2.05) is 24.3 Å². The van der Waals surface area contributed by atoms with Crippen molar-refractivity contribution in [3.63, 3.8) is 0 Å². The minimum absolute atomic E-state index is 0. The predicted octanol–water partition coefficient (Wildman–Crippen LogP) is 5.35. The summed E-state index contributed by atoms with van der Waals surface area (Å²) in [4.78, 5) is 0. The second kappa shape index (κ2) is 12.3. The lowest BCUT2D eigenvalue weighted by Crippen LogP contribution is -2.17. The van der Waals surface area contributed by atoms with E-state index in [0.717, 1.165) is 36.3 Å². The summed E-state index contributed by atoms with van der Waals surface area (Å²) in [7, 11) is 0. The Morgan fingerprint density at radius 1 is 1.04 bits per heavy atom. The van der Waals surface area contributed by atoms with E-state index in [2.05, 4.69) is 59.4 Å². The van der Waals surface area contributed by atoms with Crippen molar-refractivity contribution in [2.75, 3.05) is 13.2 Å². The third-order valence-electron chi connectivity index (χ3n) is 3.51. The molecule has 5 heteroatoms. The van der Waals surface area contributed by atoms with Crippen LogP contribution >= 0.6 is 28.3 Å².